The van der Waals surface area contributed by atoms with Crippen LogP contribution in [0.15, 0.2) is 12.2 Å². The fraction of sp³-hybridized carbons (Fsp3) is 0.733. The third-order valence-electron chi connectivity index (χ3n) is 3.37. The summed E-state index contributed by atoms with van der Waals surface area (Å²) in [5.41, 5.74) is -1.69. The largest absolute Gasteiger partial charge is 0.467 e. The topological polar surface area (TPSA) is 55.8 Å². The molecule has 0 N–H and O–H groups in total. The van der Waals surface area contributed by atoms with Gasteiger partial charge in [-0.2, -0.15) is 0 Å². The van der Waals surface area contributed by atoms with E-state index in [-0.39, 0.29) is 25.3 Å². The molecule has 0 aliphatic carbocycles. The molecule has 5 nitrogen and oxygen atoms in total. The van der Waals surface area contributed by atoms with Crippen LogP contribution in [0.5, 0.6) is 0 Å². The molecule has 0 spiro atoms. The fourth-order valence-electron chi connectivity index (χ4n) is 2.56. The quantitative estimate of drug-likeness (QED) is 0.450. The molecule has 1 heterocycles. The number of halogens is 2. The Morgan fingerprint density at radius 2 is 2.05 bits per heavy atom. The van der Waals surface area contributed by atoms with Gasteiger partial charge < -0.3 is 9.47 Å². The predicted molar refractivity (Wildman–Crippen MR) is 81.7 cm³/mol. The highest BCUT2D eigenvalue weighted by Gasteiger charge is 2.55. The van der Waals surface area contributed by atoms with Crippen molar-refractivity contribution in [3.63, 3.8) is 0 Å². The number of amides is 1. The van der Waals surface area contributed by atoms with Crippen LogP contribution >= 0.6 is 11.6 Å². The zero-order chi connectivity index (χ0) is 17.1. The van der Waals surface area contributed by atoms with E-state index in [1.807, 2.05) is 0 Å². The summed E-state index contributed by atoms with van der Waals surface area (Å²) in [5, 5.41) is 0. The molecule has 1 fully saturated rings. The van der Waals surface area contributed by atoms with E-state index in [0.29, 0.717) is 5.57 Å². The zero-order valence-electron chi connectivity index (χ0n) is 13.4. The first kappa shape index (κ1) is 18.7. The number of alkyl halides is 2. The van der Waals surface area contributed by atoms with Crippen LogP contribution in [0, 0.1) is 0 Å². The van der Waals surface area contributed by atoms with Crippen molar-refractivity contribution in [1.29, 1.82) is 0 Å². The SMILES string of the molecule is C=C(CCl)C[C@]1(C(=O)OC)C[C@H](F)CN1C(=O)OC(C)(C)C. The lowest BCUT2D eigenvalue weighted by molar-refractivity contribution is -0.153. The number of nitrogens with zero attached hydrogens (tertiary/aromatic N) is 1. The normalized spacial score (nSPS) is 25.0. The summed E-state index contributed by atoms with van der Waals surface area (Å²) in [5.74, 6) is -0.581. The Morgan fingerprint density at radius 1 is 1.45 bits per heavy atom. The predicted octanol–water partition coefficient (Wildman–Crippen LogP) is 3.06. The Balaban J connectivity index is 3.17. The maximum absolute atomic E-state index is 14.0. The number of hydrogen-bond acceptors (Lipinski definition) is 4. The van der Waals surface area contributed by atoms with E-state index in [4.69, 9.17) is 21.1 Å². The van der Waals surface area contributed by atoms with E-state index in [1.54, 1.807) is 20.8 Å². The monoisotopic (exact) mass is 335 g/mol. The van der Waals surface area contributed by atoms with Gasteiger partial charge >= 0.3 is 12.1 Å². The van der Waals surface area contributed by atoms with E-state index in [2.05, 4.69) is 6.58 Å². The Labute approximate surface area is 135 Å². The number of rotatable bonds is 4. The number of hydrogen-bond donors (Lipinski definition) is 0. The van der Waals surface area contributed by atoms with Gasteiger partial charge in [-0.15, -0.1) is 11.6 Å². The average Bonchev–Trinajstić information content (AvgIpc) is 2.73. The second kappa shape index (κ2) is 6.86. The van der Waals surface area contributed by atoms with Gasteiger partial charge in [0, 0.05) is 18.7 Å². The minimum absolute atomic E-state index is 0.0445. The number of carbonyl (C=O) groups is 2. The van der Waals surface area contributed by atoms with Crippen LogP contribution in [-0.4, -0.2) is 53.8 Å². The molecule has 2 atom stereocenters. The molecule has 1 aliphatic rings. The lowest BCUT2D eigenvalue weighted by atomic mass is 9.88. The summed E-state index contributed by atoms with van der Waals surface area (Å²) < 4.78 is 24.1. The van der Waals surface area contributed by atoms with Crippen molar-refractivity contribution in [3.05, 3.63) is 12.2 Å². The van der Waals surface area contributed by atoms with Gasteiger partial charge in [-0.1, -0.05) is 12.2 Å². The van der Waals surface area contributed by atoms with Crippen molar-refractivity contribution in [3.8, 4) is 0 Å². The molecular formula is C15H23ClFNO4. The number of methoxy groups -OCH3 is 1. The van der Waals surface area contributed by atoms with E-state index in [0.717, 1.165) is 4.90 Å². The molecule has 0 radical (unpaired) electrons. The van der Waals surface area contributed by atoms with Gasteiger partial charge in [0.15, 0.2) is 5.54 Å². The molecule has 1 aliphatic heterocycles. The van der Waals surface area contributed by atoms with Crippen molar-refractivity contribution in [1.82, 2.24) is 4.90 Å². The van der Waals surface area contributed by atoms with E-state index < -0.39 is 29.4 Å². The Bertz CT molecular complexity index is 463. The molecule has 0 bridgehead atoms. The molecule has 0 aromatic heterocycles. The van der Waals surface area contributed by atoms with Gasteiger partial charge in [0.1, 0.15) is 11.8 Å². The summed E-state index contributed by atoms with van der Waals surface area (Å²) in [7, 11) is 1.20. The number of carbonyl (C=O) groups excluding carboxylic acids is 2. The smallest absolute Gasteiger partial charge is 0.411 e. The molecule has 1 saturated heterocycles. The van der Waals surface area contributed by atoms with Crippen LogP contribution in [0.25, 0.3) is 0 Å². The maximum atomic E-state index is 14.0. The van der Waals surface area contributed by atoms with Gasteiger partial charge in [-0.3, -0.25) is 4.90 Å². The van der Waals surface area contributed by atoms with Crippen LogP contribution in [0.4, 0.5) is 9.18 Å². The van der Waals surface area contributed by atoms with Crippen molar-refractivity contribution in [2.75, 3.05) is 19.5 Å². The van der Waals surface area contributed by atoms with Crippen LogP contribution in [0.3, 0.4) is 0 Å². The summed E-state index contributed by atoms with van der Waals surface area (Å²) in [4.78, 5) is 25.8. The molecule has 0 aromatic rings. The number of likely N-dealkylation sites (tertiary alicyclic amines) is 1. The van der Waals surface area contributed by atoms with Crippen molar-refractivity contribution >= 4 is 23.7 Å². The standard InChI is InChI=1S/C15H23ClFNO4/c1-10(8-16)6-15(12(19)21-5)7-11(17)9-18(15)13(20)22-14(2,3)4/h11H,1,6-9H2,2-5H3/t11-,15+/m0/s1. The molecule has 126 valence electrons. The second-order valence-corrected chi connectivity index (χ2v) is 6.74. The lowest BCUT2D eigenvalue weighted by Crippen LogP contribution is -2.55. The maximum Gasteiger partial charge on any atom is 0.411 e. The molecule has 22 heavy (non-hydrogen) atoms. The van der Waals surface area contributed by atoms with Gasteiger partial charge in [0.05, 0.1) is 13.7 Å². The lowest BCUT2D eigenvalue weighted by Gasteiger charge is -2.36. The number of esters is 1. The first-order valence-electron chi connectivity index (χ1n) is 7.01. The molecular weight excluding hydrogens is 313 g/mol. The Morgan fingerprint density at radius 3 is 2.50 bits per heavy atom. The third-order valence-corrected chi connectivity index (χ3v) is 3.75. The van der Waals surface area contributed by atoms with Gasteiger partial charge in [0.25, 0.3) is 0 Å². The van der Waals surface area contributed by atoms with E-state index >= 15 is 0 Å². The Hall–Kier alpha value is -1.30. The summed E-state index contributed by atoms with van der Waals surface area (Å²) in [6, 6.07) is 0. The van der Waals surface area contributed by atoms with E-state index in [9.17, 15) is 14.0 Å². The molecule has 7 heteroatoms. The number of ether oxygens (including phenoxy) is 2. The summed E-state index contributed by atoms with van der Waals surface area (Å²) >= 11 is 5.73. The fourth-order valence-corrected chi connectivity index (χ4v) is 2.66. The summed E-state index contributed by atoms with van der Waals surface area (Å²) in [6.07, 6.45) is -2.20. The van der Waals surface area contributed by atoms with Crippen LogP contribution in [0.2, 0.25) is 0 Å². The average molecular weight is 336 g/mol. The zero-order valence-corrected chi connectivity index (χ0v) is 14.2. The van der Waals surface area contributed by atoms with Crippen molar-refractivity contribution in [2.45, 2.75) is 50.9 Å². The second-order valence-electron chi connectivity index (χ2n) is 6.48. The molecule has 1 rings (SSSR count). The van der Waals surface area contributed by atoms with Gasteiger partial charge in [-0.05, 0) is 20.8 Å². The van der Waals surface area contributed by atoms with Crippen molar-refractivity contribution < 1.29 is 23.5 Å². The minimum atomic E-state index is -1.46. The molecule has 0 unspecified atom stereocenters. The highest BCUT2D eigenvalue weighted by atomic mass is 35.5. The first-order chi connectivity index (χ1) is 10.1. The van der Waals surface area contributed by atoms with E-state index in [1.165, 1.54) is 7.11 Å². The van der Waals surface area contributed by atoms with Crippen LogP contribution in [0.1, 0.15) is 33.6 Å². The molecule has 0 saturated carbocycles. The Kier molecular flexibility index (Phi) is 5.84. The molecule has 0 aromatic carbocycles. The van der Waals surface area contributed by atoms with Crippen LogP contribution in [-0.2, 0) is 14.3 Å². The summed E-state index contributed by atoms with van der Waals surface area (Å²) in [6.45, 7) is 8.63. The molecule has 1 amide bonds. The van der Waals surface area contributed by atoms with Crippen LogP contribution < -0.4 is 0 Å². The van der Waals surface area contributed by atoms with Crippen molar-refractivity contribution in [2.24, 2.45) is 0 Å². The first-order valence-corrected chi connectivity index (χ1v) is 7.55. The minimum Gasteiger partial charge on any atom is -0.467 e. The highest BCUT2D eigenvalue weighted by molar-refractivity contribution is 6.19. The third kappa shape index (κ3) is 4.12. The van der Waals surface area contributed by atoms with Gasteiger partial charge in [-0.25, -0.2) is 14.0 Å². The highest BCUT2D eigenvalue weighted by Crippen LogP contribution is 2.38. The van der Waals surface area contributed by atoms with Gasteiger partial charge in [0.2, 0.25) is 0 Å².